The maximum absolute atomic E-state index is 13.3. The molecule has 1 aliphatic heterocycles. The lowest BCUT2D eigenvalue weighted by molar-refractivity contribution is -0.187. The lowest BCUT2D eigenvalue weighted by Gasteiger charge is -2.60. The molecule has 4 aliphatic rings. The molecule has 0 spiro atoms. The standard InChI is InChI=1S/C28H47N3O6/c1-18(33)29-20-12-14-31(16-20)25(35)15-21-22(34)9-10-23-27(21,2)13-11-24(28(23,3)17-32)37-26(36)30-19-7-5-4-6-8-19/h19-24,32,34H,4-17H2,1-3H3,(H,29,33)(H,30,36). The zero-order valence-corrected chi connectivity index (χ0v) is 22.8. The molecule has 0 aromatic heterocycles. The maximum atomic E-state index is 13.3. The van der Waals surface area contributed by atoms with Crippen molar-refractivity contribution in [2.45, 2.75) is 116 Å². The number of aliphatic hydroxyl groups excluding tert-OH is 2. The first-order valence-corrected chi connectivity index (χ1v) is 14.4. The molecule has 0 aromatic rings. The van der Waals surface area contributed by atoms with Crippen LogP contribution in [0.1, 0.15) is 91.4 Å². The number of hydrogen-bond donors (Lipinski definition) is 4. The molecule has 0 radical (unpaired) electrons. The Morgan fingerprint density at radius 2 is 1.70 bits per heavy atom. The van der Waals surface area contributed by atoms with Crippen molar-refractivity contribution in [3.05, 3.63) is 0 Å². The second-order valence-corrected chi connectivity index (χ2v) is 12.6. The summed E-state index contributed by atoms with van der Waals surface area (Å²) in [4.78, 5) is 39.3. The van der Waals surface area contributed by atoms with E-state index in [1.807, 2.05) is 6.92 Å². The fourth-order valence-electron chi connectivity index (χ4n) is 8.07. The minimum absolute atomic E-state index is 0.00899. The van der Waals surface area contributed by atoms with Crippen LogP contribution in [0.15, 0.2) is 0 Å². The van der Waals surface area contributed by atoms with Crippen LogP contribution in [0, 0.1) is 22.7 Å². The third kappa shape index (κ3) is 5.92. The molecule has 7 atom stereocenters. The summed E-state index contributed by atoms with van der Waals surface area (Å²) in [6.45, 7) is 6.63. The van der Waals surface area contributed by atoms with Crippen molar-refractivity contribution in [2.24, 2.45) is 22.7 Å². The smallest absolute Gasteiger partial charge is 0.407 e. The summed E-state index contributed by atoms with van der Waals surface area (Å²) < 4.78 is 5.98. The summed E-state index contributed by atoms with van der Waals surface area (Å²) >= 11 is 0. The van der Waals surface area contributed by atoms with Crippen molar-refractivity contribution in [1.29, 1.82) is 0 Å². The van der Waals surface area contributed by atoms with Gasteiger partial charge in [0.2, 0.25) is 11.8 Å². The Hall–Kier alpha value is -1.87. The quantitative estimate of drug-likeness (QED) is 0.426. The van der Waals surface area contributed by atoms with Gasteiger partial charge in [0.05, 0.1) is 12.7 Å². The number of nitrogens with one attached hydrogen (secondary N) is 2. The minimum Gasteiger partial charge on any atom is -0.446 e. The van der Waals surface area contributed by atoms with Crippen molar-refractivity contribution < 1.29 is 29.3 Å². The van der Waals surface area contributed by atoms with Crippen LogP contribution in [0.3, 0.4) is 0 Å². The largest absolute Gasteiger partial charge is 0.446 e. The fourth-order valence-corrected chi connectivity index (χ4v) is 8.07. The van der Waals surface area contributed by atoms with E-state index in [1.54, 1.807) is 4.90 Å². The lowest BCUT2D eigenvalue weighted by Crippen LogP contribution is -2.61. The number of alkyl carbamates (subject to hydrolysis) is 1. The highest BCUT2D eigenvalue weighted by atomic mass is 16.6. The number of ether oxygens (including phenoxy) is 1. The Morgan fingerprint density at radius 1 is 0.973 bits per heavy atom. The summed E-state index contributed by atoms with van der Waals surface area (Å²) in [6.07, 6.45) is 7.59. The van der Waals surface area contributed by atoms with Gasteiger partial charge in [-0.15, -0.1) is 0 Å². The predicted octanol–water partition coefficient (Wildman–Crippen LogP) is 2.73. The number of nitrogens with zero attached hydrogens (tertiary/aromatic N) is 1. The molecule has 1 saturated heterocycles. The molecule has 4 fully saturated rings. The summed E-state index contributed by atoms with van der Waals surface area (Å²) in [5.41, 5.74) is -1.01. The predicted molar refractivity (Wildman–Crippen MR) is 138 cm³/mol. The molecule has 0 aromatic carbocycles. The lowest BCUT2D eigenvalue weighted by atomic mass is 9.46. The zero-order valence-electron chi connectivity index (χ0n) is 22.8. The zero-order chi connectivity index (χ0) is 26.8. The molecule has 0 bridgehead atoms. The summed E-state index contributed by atoms with van der Waals surface area (Å²) in [5, 5.41) is 27.7. The van der Waals surface area contributed by atoms with E-state index in [1.165, 1.54) is 13.3 Å². The summed E-state index contributed by atoms with van der Waals surface area (Å²) in [6, 6.07) is 0.137. The van der Waals surface area contributed by atoms with Crippen LogP contribution in [-0.4, -0.2) is 77.0 Å². The summed E-state index contributed by atoms with van der Waals surface area (Å²) in [7, 11) is 0. The number of aliphatic hydroxyl groups is 2. The molecule has 3 amide bonds. The van der Waals surface area contributed by atoms with E-state index in [2.05, 4.69) is 17.6 Å². The molecular formula is C28H47N3O6. The maximum Gasteiger partial charge on any atom is 0.407 e. The Labute approximate surface area is 221 Å². The van der Waals surface area contributed by atoms with Gasteiger partial charge >= 0.3 is 6.09 Å². The molecule has 4 rings (SSSR count). The van der Waals surface area contributed by atoms with Gasteiger partial charge in [-0.2, -0.15) is 0 Å². The molecular weight excluding hydrogens is 474 g/mol. The molecule has 9 heteroatoms. The van der Waals surface area contributed by atoms with E-state index >= 15 is 0 Å². The Morgan fingerprint density at radius 3 is 2.38 bits per heavy atom. The van der Waals surface area contributed by atoms with Crippen LogP contribution in [-0.2, 0) is 14.3 Å². The van der Waals surface area contributed by atoms with E-state index < -0.39 is 23.7 Å². The highest BCUT2D eigenvalue weighted by Gasteiger charge is 2.60. The average Bonchev–Trinajstić information content (AvgIpc) is 3.32. The third-order valence-electron chi connectivity index (χ3n) is 10.2. The number of likely N-dealkylation sites (tertiary alicyclic amines) is 1. The van der Waals surface area contributed by atoms with E-state index in [9.17, 15) is 24.6 Å². The Balaban J connectivity index is 1.43. The average molecular weight is 522 g/mol. The van der Waals surface area contributed by atoms with Gasteiger partial charge in [-0.25, -0.2) is 4.79 Å². The van der Waals surface area contributed by atoms with Gasteiger partial charge < -0.3 is 30.5 Å². The van der Waals surface area contributed by atoms with Crippen LogP contribution in [0.25, 0.3) is 0 Å². The van der Waals surface area contributed by atoms with Crippen LogP contribution in [0.2, 0.25) is 0 Å². The van der Waals surface area contributed by atoms with Crippen molar-refractivity contribution in [2.75, 3.05) is 19.7 Å². The molecule has 37 heavy (non-hydrogen) atoms. The first-order valence-electron chi connectivity index (χ1n) is 14.4. The molecule has 4 N–H and O–H groups in total. The van der Waals surface area contributed by atoms with Gasteiger partial charge in [0.25, 0.3) is 0 Å². The SMILES string of the molecule is CC(=O)NC1CCN(C(=O)CC2C(O)CCC3C(C)(CO)C(OC(=O)NC4CCCCC4)CCC23C)C1. The van der Waals surface area contributed by atoms with Crippen LogP contribution in [0.4, 0.5) is 4.79 Å². The highest BCUT2D eigenvalue weighted by molar-refractivity contribution is 5.77. The number of fused-ring (bicyclic) bond motifs is 1. The van der Waals surface area contributed by atoms with Crippen LogP contribution < -0.4 is 10.6 Å². The van der Waals surface area contributed by atoms with Crippen molar-refractivity contribution >= 4 is 17.9 Å². The second kappa shape index (κ2) is 11.5. The Kier molecular flexibility index (Phi) is 8.73. The van der Waals surface area contributed by atoms with Crippen molar-refractivity contribution in [1.82, 2.24) is 15.5 Å². The normalized spacial score (nSPS) is 38.5. The van der Waals surface area contributed by atoms with Gasteiger partial charge in [-0.05, 0) is 62.2 Å². The number of amides is 3. The monoisotopic (exact) mass is 521 g/mol. The van der Waals surface area contributed by atoms with Crippen LogP contribution >= 0.6 is 0 Å². The van der Waals surface area contributed by atoms with Crippen molar-refractivity contribution in [3.8, 4) is 0 Å². The third-order valence-corrected chi connectivity index (χ3v) is 10.2. The second-order valence-electron chi connectivity index (χ2n) is 12.6. The molecule has 9 nitrogen and oxygen atoms in total. The highest BCUT2D eigenvalue weighted by Crippen LogP contribution is 2.61. The molecule has 7 unspecified atom stereocenters. The molecule has 210 valence electrons. The Bertz CT molecular complexity index is 848. The van der Waals surface area contributed by atoms with Crippen molar-refractivity contribution in [3.63, 3.8) is 0 Å². The number of carbonyl (C=O) groups is 3. The minimum atomic E-state index is -0.650. The fraction of sp³-hybridized carbons (Fsp3) is 0.893. The van der Waals surface area contributed by atoms with E-state index in [0.29, 0.717) is 25.9 Å². The van der Waals surface area contributed by atoms with Gasteiger partial charge in [0, 0.05) is 43.9 Å². The van der Waals surface area contributed by atoms with E-state index in [0.717, 1.165) is 44.9 Å². The van der Waals surface area contributed by atoms with E-state index in [4.69, 9.17) is 4.74 Å². The van der Waals surface area contributed by atoms with Gasteiger partial charge in [-0.3, -0.25) is 9.59 Å². The van der Waals surface area contributed by atoms with Gasteiger partial charge in [0.15, 0.2) is 0 Å². The number of hydrogen-bond acceptors (Lipinski definition) is 6. The van der Waals surface area contributed by atoms with Gasteiger partial charge in [0.1, 0.15) is 6.10 Å². The molecule has 1 heterocycles. The topological polar surface area (TPSA) is 128 Å². The first kappa shape index (κ1) is 28.1. The number of rotatable bonds is 6. The molecule has 3 aliphatic carbocycles. The molecule has 3 saturated carbocycles. The summed E-state index contributed by atoms with van der Waals surface area (Å²) in [5.74, 6) is -0.304. The van der Waals surface area contributed by atoms with Crippen LogP contribution in [0.5, 0.6) is 0 Å². The van der Waals surface area contributed by atoms with Gasteiger partial charge in [-0.1, -0.05) is 33.1 Å². The first-order chi connectivity index (χ1) is 17.6. The number of carbonyl (C=O) groups excluding carboxylic acids is 3. The van der Waals surface area contributed by atoms with E-state index in [-0.39, 0.29) is 54.2 Å².